The number of benzene rings is 1. The molecule has 0 aliphatic carbocycles. The number of carbonyl (C=O) groups is 1. The van der Waals surface area contributed by atoms with Gasteiger partial charge in [0.25, 0.3) is 0 Å². The Morgan fingerprint density at radius 3 is 2.43 bits per heavy atom. The number of amides is 1. The Labute approximate surface area is 124 Å². The zero-order valence-electron chi connectivity index (χ0n) is 11.7. The molecular weight excluding hydrogens is 292 g/mol. The van der Waals surface area contributed by atoms with Crippen LogP contribution in [0.25, 0.3) is 0 Å². The number of nitrogens with zero attached hydrogens (tertiary/aromatic N) is 1. The highest BCUT2D eigenvalue weighted by atomic mass is 32.2. The first kappa shape index (κ1) is 15.9. The van der Waals surface area contributed by atoms with E-state index in [1.54, 1.807) is 12.1 Å². The molecule has 8 heteroatoms. The number of primary sulfonamides is 1. The van der Waals surface area contributed by atoms with Crippen LogP contribution in [-0.4, -0.2) is 51.9 Å². The zero-order chi connectivity index (χ0) is 15.3. The van der Waals surface area contributed by atoms with E-state index in [9.17, 15) is 13.2 Å². The average Bonchev–Trinajstić information content (AvgIpc) is 2.46. The highest BCUT2D eigenvalue weighted by Gasteiger charge is 2.13. The molecule has 1 aliphatic heterocycles. The van der Waals surface area contributed by atoms with E-state index in [-0.39, 0.29) is 10.8 Å². The summed E-state index contributed by atoms with van der Waals surface area (Å²) in [6.45, 7) is 4.31. The van der Waals surface area contributed by atoms with Crippen molar-refractivity contribution in [2.45, 2.75) is 11.4 Å². The first-order valence-corrected chi connectivity index (χ1v) is 8.31. The van der Waals surface area contributed by atoms with Gasteiger partial charge in [0.15, 0.2) is 0 Å². The SMILES string of the molecule is NS(=O)(=O)c1ccc(CNC(=O)CN2CCNCC2)cc1. The number of hydrogen-bond donors (Lipinski definition) is 3. The normalized spacial score (nSPS) is 16.6. The van der Waals surface area contributed by atoms with E-state index in [2.05, 4.69) is 15.5 Å². The fourth-order valence-electron chi connectivity index (χ4n) is 2.13. The standard InChI is InChI=1S/C13H20N4O3S/c14-21(19,20)12-3-1-11(2-4-12)9-16-13(18)10-17-7-5-15-6-8-17/h1-4,15H,5-10H2,(H,16,18)(H2,14,19,20). The van der Waals surface area contributed by atoms with Gasteiger partial charge in [0.05, 0.1) is 11.4 Å². The lowest BCUT2D eigenvalue weighted by Crippen LogP contribution is -2.47. The molecule has 116 valence electrons. The molecule has 4 N–H and O–H groups in total. The van der Waals surface area contributed by atoms with Crippen molar-refractivity contribution in [1.29, 1.82) is 0 Å². The Morgan fingerprint density at radius 2 is 1.86 bits per heavy atom. The van der Waals surface area contributed by atoms with Gasteiger partial charge in [-0.2, -0.15) is 0 Å². The fourth-order valence-corrected chi connectivity index (χ4v) is 2.64. The van der Waals surface area contributed by atoms with E-state index < -0.39 is 10.0 Å². The lowest BCUT2D eigenvalue weighted by molar-refractivity contribution is -0.122. The van der Waals surface area contributed by atoms with Crippen LogP contribution < -0.4 is 15.8 Å². The van der Waals surface area contributed by atoms with Gasteiger partial charge >= 0.3 is 0 Å². The Morgan fingerprint density at radius 1 is 1.24 bits per heavy atom. The number of carbonyl (C=O) groups excluding carboxylic acids is 1. The van der Waals surface area contributed by atoms with E-state index in [0.29, 0.717) is 13.1 Å². The Hall–Kier alpha value is -1.48. The van der Waals surface area contributed by atoms with E-state index in [4.69, 9.17) is 5.14 Å². The summed E-state index contributed by atoms with van der Waals surface area (Å²) in [5.41, 5.74) is 0.830. The van der Waals surface area contributed by atoms with E-state index in [0.717, 1.165) is 31.7 Å². The van der Waals surface area contributed by atoms with Gasteiger partial charge in [-0.1, -0.05) is 12.1 Å². The number of hydrogen-bond acceptors (Lipinski definition) is 5. The minimum atomic E-state index is -3.67. The van der Waals surface area contributed by atoms with Crippen LogP contribution in [0.3, 0.4) is 0 Å². The molecule has 1 aromatic rings. The summed E-state index contributed by atoms with van der Waals surface area (Å²) in [6.07, 6.45) is 0. The Balaban J connectivity index is 1.81. The summed E-state index contributed by atoms with van der Waals surface area (Å²) in [7, 11) is -3.67. The van der Waals surface area contributed by atoms with Gasteiger partial charge in [0.2, 0.25) is 15.9 Å². The minimum absolute atomic E-state index is 0.0348. The Kier molecular flexibility index (Phi) is 5.29. The number of rotatable bonds is 5. The maximum absolute atomic E-state index is 11.8. The molecule has 21 heavy (non-hydrogen) atoms. The number of nitrogens with one attached hydrogen (secondary N) is 2. The summed E-state index contributed by atoms with van der Waals surface area (Å²) in [4.78, 5) is 14.0. The van der Waals surface area contributed by atoms with Crippen molar-refractivity contribution >= 4 is 15.9 Å². The quantitative estimate of drug-likeness (QED) is 0.637. The number of sulfonamides is 1. The highest BCUT2D eigenvalue weighted by Crippen LogP contribution is 2.08. The van der Waals surface area contributed by atoms with Gasteiger partial charge in [-0.05, 0) is 17.7 Å². The van der Waals surface area contributed by atoms with Crippen LogP contribution in [0, 0.1) is 0 Å². The summed E-state index contributed by atoms with van der Waals surface area (Å²) in [6, 6.07) is 6.16. The molecule has 0 radical (unpaired) electrons. The van der Waals surface area contributed by atoms with Gasteiger partial charge in [0, 0.05) is 32.7 Å². The molecule has 1 fully saturated rings. The molecule has 1 amide bonds. The van der Waals surface area contributed by atoms with E-state index in [1.165, 1.54) is 12.1 Å². The molecule has 0 bridgehead atoms. The van der Waals surface area contributed by atoms with Crippen molar-refractivity contribution in [1.82, 2.24) is 15.5 Å². The van der Waals surface area contributed by atoms with Crippen LogP contribution in [0.2, 0.25) is 0 Å². The second-order valence-electron chi connectivity index (χ2n) is 4.99. The predicted octanol–water partition coefficient (Wildman–Crippen LogP) is -1.14. The number of piperazine rings is 1. The first-order valence-electron chi connectivity index (χ1n) is 6.77. The van der Waals surface area contributed by atoms with Crippen LogP contribution >= 0.6 is 0 Å². The lowest BCUT2D eigenvalue weighted by Gasteiger charge is -2.26. The molecule has 0 aromatic heterocycles. The van der Waals surface area contributed by atoms with Gasteiger partial charge in [-0.15, -0.1) is 0 Å². The topological polar surface area (TPSA) is 105 Å². The molecule has 1 aromatic carbocycles. The lowest BCUT2D eigenvalue weighted by atomic mass is 10.2. The second-order valence-corrected chi connectivity index (χ2v) is 6.55. The molecular formula is C13H20N4O3S. The Bertz CT molecular complexity index is 580. The highest BCUT2D eigenvalue weighted by molar-refractivity contribution is 7.89. The molecule has 1 saturated heterocycles. The average molecular weight is 312 g/mol. The predicted molar refractivity (Wildman–Crippen MR) is 79.0 cm³/mol. The van der Waals surface area contributed by atoms with Crippen molar-refractivity contribution in [3.63, 3.8) is 0 Å². The van der Waals surface area contributed by atoms with Crippen molar-refractivity contribution < 1.29 is 13.2 Å². The zero-order valence-corrected chi connectivity index (χ0v) is 12.5. The maximum atomic E-state index is 11.8. The fraction of sp³-hybridized carbons (Fsp3) is 0.462. The van der Waals surface area contributed by atoms with Crippen molar-refractivity contribution in [2.24, 2.45) is 5.14 Å². The van der Waals surface area contributed by atoms with Crippen molar-refractivity contribution in [2.75, 3.05) is 32.7 Å². The van der Waals surface area contributed by atoms with Crippen LogP contribution in [0.5, 0.6) is 0 Å². The summed E-state index contributed by atoms with van der Waals surface area (Å²) >= 11 is 0. The minimum Gasteiger partial charge on any atom is -0.351 e. The molecule has 2 rings (SSSR count). The maximum Gasteiger partial charge on any atom is 0.238 e. The third-order valence-electron chi connectivity index (χ3n) is 3.32. The second kappa shape index (κ2) is 6.99. The first-order chi connectivity index (χ1) is 9.95. The molecule has 0 unspecified atom stereocenters. The largest absolute Gasteiger partial charge is 0.351 e. The van der Waals surface area contributed by atoms with Crippen LogP contribution in [0.15, 0.2) is 29.2 Å². The molecule has 0 saturated carbocycles. The number of nitrogens with two attached hydrogens (primary N) is 1. The van der Waals surface area contributed by atoms with Gasteiger partial charge in [-0.25, -0.2) is 13.6 Å². The third-order valence-corrected chi connectivity index (χ3v) is 4.25. The van der Waals surface area contributed by atoms with E-state index in [1.807, 2.05) is 0 Å². The summed E-state index contributed by atoms with van der Waals surface area (Å²) < 4.78 is 22.3. The molecule has 1 heterocycles. The van der Waals surface area contributed by atoms with Crippen LogP contribution in [0.1, 0.15) is 5.56 Å². The van der Waals surface area contributed by atoms with Crippen molar-refractivity contribution in [3.05, 3.63) is 29.8 Å². The molecule has 7 nitrogen and oxygen atoms in total. The van der Waals surface area contributed by atoms with Gasteiger partial charge in [-0.3, -0.25) is 9.69 Å². The van der Waals surface area contributed by atoms with E-state index >= 15 is 0 Å². The van der Waals surface area contributed by atoms with Gasteiger partial charge < -0.3 is 10.6 Å². The van der Waals surface area contributed by atoms with Crippen LogP contribution in [-0.2, 0) is 21.4 Å². The van der Waals surface area contributed by atoms with Crippen molar-refractivity contribution in [3.8, 4) is 0 Å². The van der Waals surface area contributed by atoms with Crippen LogP contribution in [0.4, 0.5) is 0 Å². The third kappa shape index (κ3) is 5.09. The molecule has 1 aliphatic rings. The molecule has 0 spiro atoms. The smallest absolute Gasteiger partial charge is 0.238 e. The summed E-state index contributed by atoms with van der Waals surface area (Å²) in [5.74, 6) is -0.0348. The monoisotopic (exact) mass is 312 g/mol. The van der Waals surface area contributed by atoms with Gasteiger partial charge in [0.1, 0.15) is 0 Å². The summed E-state index contributed by atoms with van der Waals surface area (Å²) in [5, 5.41) is 11.1. The molecule has 0 atom stereocenters.